The highest BCUT2D eigenvalue weighted by Gasteiger charge is 2.20. The summed E-state index contributed by atoms with van der Waals surface area (Å²) in [4.78, 5) is 24.1. The van der Waals surface area contributed by atoms with Gasteiger partial charge in [-0.05, 0) is 52.0 Å². The standard InChI is InChI=1S/C15H14BrNO3S/c1-9-4-5-10(11(16)7-9)15(20)17-12(8-14(18)19)13-3-2-6-21-13/h2-7,12H,8H2,1H3,(H,17,20)(H,18,19). The van der Waals surface area contributed by atoms with E-state index in [0.717, 1.165) is 10.4 Å². The largest absolute Gasteiger partial charge is 0.481 e. The molecule has 21 heavy (non-hydrogen) atoms. The second-order valence-electron chi connectivity index (χ2n) is 4.62. The van der Waals surface area contributed by atoms with Crippen LogP contribution in [0.4, 0.5) is 0 Å². The molecule has 4 nitrogen and oxygen atoms in total. The average molecular weight is 368 g/mol. The highest BCUT2D eigenvalue weighted by molar-refractivity contribution is 9.10. The van der Waals surface area contributed by atoms with Crippen LogP contribution in [0, 0.1) is 6.92 Å². The van der Waals surface area contributed by atoms with Crippen LogP contribution in [0.15, 0.2) is 40.2 Å². The van der Waals surface area contributed by atoms with E-state index in [4.69, 9.17) is 5.11 Å². The number of benzene rings is 1. The third-order valence-electron chi connectivity index (χ3n) is 2.94. The molecule has 0 aliphatic carbocycles. The van der Waals surface area contributed by atoms with Crippen molar-refractivity contribution in [2.45, 2.75) is 19.4 Å². The highest BCUT2D eigenvalue weighted by Crippen LogP contribution is 2.24. The molecule has 1 aromatic heterocycles. The van der Waals surface area contributed by atoms with Crippen LogP contribution in [0.2, 0.25) is 0 Å². The average Bonchev–Trinajstić information content (AvgIpc) is 2.90. The van der Waals surface area contributed by atoms with Gasteiger partial charge in [0.2, 0.25) is 0 Å². The van der Waals surface area contributed by atoms with Gasteiger partial charge in [-0.1, -0.05) is 12.1 Å². The molecule has 6 heteroatoms. The number of thiophene rings is 1. The summed E-state index contributed by atoms with van der Waals surface area (Å²) in [5.74, 6) is -1.24. The zero-order chi connectivity index (χ0) is 15.4. The van der Waals surface area contributed by atoms with Crippen LogP contribution >= 0.6 is 27.3 Å². The first-order chi connectivity index (χ1) is 9.97. The van der Waals surface area contributed by atoms with E-state index in [-0.39, 0.29) is 12.3 Å². The van der Waals surface area contributed by atoms with Crippen LogP contribution in [0.25, 0.3) is 0 Å². The maximum Gasteiger partial charge on any atom is 0.305 e. The number of nitrogens with one attached hydrogen (secondary N) is 1. The van der Waals surface area contributed by atoms with E-state index in [2.05, 4.69) is 21.2 Å². The van der Waals surface area contributed by atoms with Crippen molar-refractivity contribution in [1.29, 1.82) is 0 Å². The second kappa shape index (κ2) is 6.87. The van der Waals surface area contributed by atoms with Gasteiger partial charge in [0.1, 0.15) is 0 Å². The zero-order valence-corrected chi connectivity index (χ0v) is 13.7. The first kappa shape index (κ1) is 15.7. The lowest BCUT2D eigenvalue weighted by Crippen LogP contribution is -2.30. The summed E-state index contributed by atoms with van der Waals surface area (Å²) < 4.78 is 0.695. The minimum absolute atomic E-state index is 0.143. The Bertz CT molecular complexity index is 655. The molecule has 110 valence electrons. The number of carboxylic acids is 1. The summed E-state index contributed by atoms with van der Waals surface area (Å²) in [6.07, 6.45) is -0.143. The Balaban J connectivity index is 2.20. The summed E-state index contributed by atoms with van der Waals surface area (Å²) in [6, 6.07) is 8.55. The number of carbonyl (C=O) groups excluding carboxylic acids is 1. The number of carbonyl (C=O) groups is 2. The van der Waals surface area contributed by atoms with E-state index in [1.54, 1.807) is 6.07 Å². The Morgan fingerprint density at radius 1 is 1.38 bits per heavy atom. The van der Waals surface area contributed by atoms with Crippen molar-refractivity contribution in [2.75, 3.05) is 0 Å². The van der Waals surface area contributed by atoms with Crippen molar-refractivity contribution in [3.8, 4) is 0 Å². The Morgan fingerprint density at radius 3 is 2.71 bits per heavy atom. The Hall–Kier alpha value is -1.66. The second-order valence-corrected chi connectivity index (χ2v) is 6.46. The third kappa shape index (κ3) is 4.15. The number of hydrogen-bond acceptors (Lipinski definition) is 3. The Labute approximate surface area is 134 Å². The van der Waals surface area contributed by atoms with Crippen LogP contribution < -0.4 is 5.32 Å². The van der Waals surface area contributed by atoms with Crippen molar-refractivity contribution < 1.29 is 14.7 Å². The number of amides is 1. The fourth-order valence-corrected chi connectivity index (χ4v) is 3.38. The van der Waals surface area contributed by atoms with E-state index in [1.807, 2.05) is 36.6 Å². The van der Waals surface area contributed by atoms with Gasteiger partial charge >= 0.3 is 5.97 Å². The summed E-state index contributed by atoms with van der Waals surface area (Å²) in [6.45, 7) is 1.94. The molecule has 0 fully saturated rings. The van der Waals surface area contributed by atoms with Crippen LogP contribution in [0.3, 0.4) is 0 Å². The molecule has 0 aliphatic rings. The van der Waals surface area contributed by atoms with Gasteiger partial charge in [0.25, 0.3) is 5.91 Å². The Morgan fingerprint density at radius 2 is 2.14 bits per heavy atom. The first-order valence-corrected chi connectivity index (χ1v) is 7.97. The molecule has 0 aliphatic heterocycles. The van der Waals surface area contributed by atoms with Gasteiger partial charge in [0.05, 0.1) is 18.0 Å². The fourth-order valence-electron chi connectivity index (χ4n) is 1.93. The normalized spacial score (nSPS) is 11.9. The van der Waals surface area contributed by atoms with Gasteiger partial charge in [0.15, 0.2) is 0 Å². The predicted octanol–water partition coefficient (Wildman–Crippen LogP) is 3.76. The molecule has 2 aromatic rings. The van der Waals surface area contributed by atoms with Gasteiger partial charge in [-0.25, -0.2) is 0 Å². The molecule has 1 heterocycles. The number of halogens is 1. The molecule has 1 amide bonds. The number of carboxylic acid groups (broad SMARTS) is 1. The van der Waals surface area contributed by atoms with E-state index in [9.17, 15) is 9.59 Å². The van der Waals surface area contributed by atoms with E-state index < -0.39 is 12.0 Å². The van der Waals surface area contributed by atoms with Gasteiger partial charge in [-0.3, -0.25) is 9.59 Å². The SMILES string of the molecule is Cc1ccc(C(=O)NC(CC(=O)O)c2cccs2)c(Br)c1. The molecule has 0 radical (unpaired) electrons. The van der Waals surface area contributed by atoms with Crippen molar-refractivity contribution in [3.63, 3.8) is 0 Å². The van der Waals surface area contributed by atoms with Gasteiger partial charge in [-0.2, -0.15) is 0 Å². The summed E-state index contributed by atoms with van der Waals surface area (Å²) >= 11 is 4.79. The number of rotatable bonds is 5. The lowest BCUT2D eigenvalue weighted by molar-refractivity contribution is -0.137. The molecule has 0 bridgehead atoms. The number of aliphatic carboxylic acids is 1. The number of hydrogen-bond donors (Lipinski definition) is 2. The molecule has 1 atom stereocenters. The van der Waals surface area contributed by atoms with Crippen molar-refractivity contribution >= 4 is 39.1 Å². The van der Waals surface area contributed by atoms with E-state index in [0.29, 0.717) is 10.0 Å². The smallest absolute Gasteiger partial charge is 0.305 e. The van der Waals surface area contributed by atoms with Crippen LogP contribution in [-0.2, 0) is 4.79 Å². The van der Waals surface area contributed by atoms with E-state index >= 15 is 0 Å². The fraction of sp³-hybridized carbons (Fsp3) is 0.200. The number of aryl methyl sites for hydroxylation is 1. The van der Waals surface area contributed by atoms with Crippen LogP contribution in [-0.4, -0.2) is 17.0 Å². The Kier molecular flexibility index (Phi) is 5.14. The molecule has 2 rings (SSSR count). The predicted molar refractivity (Wildman–Crippen MR) is 85.7 cm³/mol. The molecule has 1 aromatic carbocycles. The molecular formula is C15H14BrNO3S. The molecule has 2 N–H and O–H groups in total. The topological polar surface area (TPSA) is 66.4 Å². The van der Waals surface area contributed by atoms with Crippen molar-refractivity contribution in [2.24, 2.45) is 0 Å². The van der Waals surface area contributed by atoms with Crippen molar-refractivity contribution in [3.05, 3.63) is 56.2 Å². The lowest BCUT2D eigenvalue weighted by Gasteiger charge is -2.16. The van der Waals surface area contributed by atoms with Gasteiger partial charge in [-0.15, -0.1) is 11.3 Å². The quantitative estimate of drug-likeness (QED) is 0.845. The minimum atomic E-state index is -0.948. The van der Waals surface area contributed by atoms with Gasteiger partial charge < -0.3 is 10.4 Å². The minimum Gasteiger partial charge on any atom is -0.481 e. The molecule has 0 saturated carbocycles. The maximum absolute atomic E-state index is 12.3. The summed E-state index contributed by atoms with van der Waals surface area (Å²) in [5, 5.41) is 13.6. The summed E-state index contributed by atoms with van der Waals surface area (Å²) in [5.41, 5.74) is 1.53. The molecule has 0 saturated heterocycles. The van der Waals surface area contributed by atoms with Crippen LogP contribution in [0.1, 0.15) is 33.3 Å². The first-order valence-electron chi connectivity index (χ1n) is 6.29. The lowest BCUT2D eigenvalue weighted by atomic mass is 10.1. The third-order valence-corrected chi connectivity index (χ3v) is 4.58. The molecular weight excluding hydrogens is 354 g/mol. The molecule has 0 spiro atoms. The highest BCUT2D eigenvalue weighted by atomic mass is 79.9. The monoisotopic (exact) mass is 367 g/mol. The summed E-state index contributed by atoms with van der Waals surface area (Å²) in [7, 11) is 0. The van der Waals surface area contributed by atoms with Crippen LogP contribution in [0.5, 0.6) is 0 Å². The molecule has 1 unspecified atom stereocenters. The van der Waals surface area contributed by atoms with Crippen molar-refractivity contribution in [1.82, 2.24) is 5.32 Å². The zero-order valence-electron chi connectivity index (χ0n) is 11.3. The maximum atomic E-state index is 12.3. The van der Waals surface area contributed by atoms with Gasteiger partial charge in [0, 0.05) is 9.35 Å². The van der Waals surface area contributed by atoms with E-state index in [1.165, 1.54) is 11.3 Å².